The molecule has 1 amide bonds. The number of aromatic hydroxyl groups is 2. The van der Waals surface area contributed by atoms with Crippen molar-refractivity contribution in [1.82, 2.24) is 0 Å². The quantitative estimate of drug-likeness (QED) is 0.652. The number of carbonyl (C=O) groups is 2. The Hall–Kier alpha value is -2.73. The first-order valence-electron chi connectivity index (χ1n) is 5.74. The standard InChI is InChI=1S/C14H10ClNO5/c15-9-5-8(14(20)21)1-3-10(9)16-13(19)7-2-4-11(17)12(18)6-7/h1-6,17-18H,(H,16,19)(H,20,21). The van der Waals surface area contributed by atoms with Gasteiger partial charge in [-0.3, -0.25) is 4.79 Å². The topological polar surface area (TPSA) is 107 Å². The summed E-state index contributed by atoms with van der Waals surface area (Å²) in [7, 11) is 0. The van der Waals surface area contributed by atoms with E-state index in [2.05, 4.69) is 5.32 Å². The minimum absolute atomic E-state index is 0.000256. The van der Waals surface area contributed by atoms with Crippen LogP contribution < -0.4 is 5.32 Å². The Morgan fingerprint density at radius 2 is 1.62 bits per heavy atom. The van der Waals surface area contributed by atoms with Crippen LogP contribution in [0.1, 0.15) is 20.7 Å². The van der Waals surface area contributed by atoms with E-state index in [9.17, 15) is 19.8 Å². The summed E-state index contributed by atoms with van der Waals surface area (Å²) in [6.07, 6.45) is 0. The lowest BCUT2D eigenvalue weighted by Crippen LogP contribution is -2.12. The Morgan fingerprint density at radius 1 is 0.952 bits per heavy atom. The van der Waals surface area contributed by atoms with Gasteiger partial charge in [0.05, 0.1) is 16.3 Å². The van der Waals surface area contributed by atoms with Crippen molar-refractivity contribution in [1.29, 1.82) is 0 Å². The number of aromatic carboxylic acids is 1. The maximum atomic E-state index is 12.0. The van der Waals surface area contributed by atoms with Crippen LogP contribution in [-0.2, 0) is 0 Å². The lowest BCUT2D eigenvalue weighted by atomic mass is 10.1. The molecule has 0 bridgehead atoms. The predicted octanol–water partition coefficient (Wildman–Crippen LogP) is 2.70. The number of carboxylic acids is 1. The number of benzene rings is 2. The van der Waals surface area contributed by atoms with E-state index in [-0.39, 0.29) is 27.6 Å². The van der Waals surface area contributed by atoms with E-state index in [4.69, 9.17) is 16.7 Å². The molecule has 2 rings (SSSR count). The number of carboxylic acid groups (broad SMARTS) is 1. The fraction of sp³-hybridized carbons (Fsp3) is 0. The Kier molecular flexibility index (Phi) is 4.00. The van der Waals surface area contributed by atoms with Crippen molar-refractivity contribution in [2.24, 2.45) is 0 Å². The third-order valence-electron chi connectivity index (χ3n) is 2.70. The predicted molar refractivity (Wildman–Crippen MR) is 76.1 cm³/mol. The minimum Gasteiger partial charge on any atom is -0.504 e. The monoisotopic (exact) mass is 307 g/mol. The Bertz CT molecular complexity index is 729. The summed E-state index contributed by atoms with van der Waals surface area (Å²) in [5.41, 5.74) is 0.350. The SMILES string of the molecule is O=C(O)c1ccc(NC(=O)c2ccc(O)c(O)c2)c(Cl)c1. The molecule has 0 heterocycles. The van der Waals surface area contributed by atoms with E-state index in [1.807, 2.05) is 0 Å². The number of rotatable bonds is 3. The Labute approximate surface area is 124 Å². The Morgan fingerprint density at radius 3 is 2.19 bits per heavy atom. The molecule has 2 aromatic carbocycles. The van der Waals surface area contributed by atoms with Crippen LogP contribution in [0.25, 0.3) is 0 Å². The van der Waals surface area contributed by atoms with E-state index >= 15 is 0 Å². The molecule has 6 nitrogen and oxygen atoms in total. The fourth-order valence-electron chi connectivity index (χ4n) is 1.61. The maximum absolute atomic E-state index is 12.0. The molecule has 108 valence electrons. The van der Waals surface area contributed by atoms with Crippen molar-refractivity contribution in [3.63, 3.8) is 0 Å². The van der Waals surface area contributed by atoms with Crippen LogP contribution in [0.2, 0.25) is 5.02 Å². The molecule has 7 heteroatoms. The van der Waals surface area contributed by atoms with Gasteiger partial charge in [0, 0.05) is 5.56 Å². The van der Waals surface area contributed by atoms with Gasteiger partial charge in [0.25, 0.3) is 5.91 Å². The van der Waals surface area contributed by atoms with Gasteiger partial charge in [-0.2, -0.15) is 0 Å². The van der Waals surface area contributed by atoms with Crippen molar-refractivity contribution >= 4 is 29.2 Å². The van der Waals surface area contributed by atoms with Crippen LogP contribution in [0.4, 0.5) is 5.69 Å². The van der Waals surface area contributed by atoms with E-state index in [0.29, 0.717) is 0 Å². The number of carbonyl (C=O) groups excluding carboxylic acids is 1. The highest BCUT2D eigenvalue weighted by Gasteiger charge is 2.12. The van der Waals surface area contributed by atoms with Crippen LogP contribution in [0.15, 0.2) is 36.4 Å². The second kappa shape index (κ2) is 5.72. The summed E-state index contributed by atoms with van der Waals surface area (Å²) in [5.74, 6) is -2.45. The van der Waals surface area contributed by atoms with E-state index in [1.165, 1.54) is 30.3 Å². The fourth-order valence-corrected chi connectivity index (χ4v) is 1.84. The molecule has 0 spiro atoms. The molecule has 0 aliphatic carbocycles. The first kappa shape index (κ1) is 14.7. The van der Waals surface area contributed by atoms with Gasteiger partial charge in [0.2, 0.25) is 0 Å². The lowest BCUT2D eigenvalue weighted by molar-refractivity contribution is 0.0696. The number of anilines is 1. The molecule has 4 N–H and O–H groups in total. The summed E-state index contributed by atoms with van der Waals surface area (Å²) >= 11 is 5.89. The first-order valence-corrected chi connectivity index (χ1v) is 6.12. The zero-order valence-corrected chi connectivity index (χ0v) is 11.3. The van der Waals surface area contributed by atoms with Crippen LogP contribution in [0.5, 0.6) is 11.5 Å². The average molecular weight is 308 g/mol. The molecule has 0 atom stereocenters. The van der Waals surface area contributed by atoms with Crippen molar-refractivity contribution in [2.45, 2.75) is 0 Å². The van der Waals surface area contributed by atoms with Crippen molar-refractivity contribution in [3.05, 3.63) is 52.5 Å². The number of amides is 1. The van der Waals surface area contributed by atoms with E-state index in [0.717, 1.165) is 6.07 Å². The number of nitrogens with one attached hydrogen (secondary N) is 1. The molecule has 0 aliphatic heterocycles. The van der Waals surface area contributed by atoms with Gasteiger partial charge < -0.3 is 20.6 Å². The number of halogens is 1. The highest BCUT2D eigenvalue weighted by molar-refractivity contribution is 6.34. The maximum Gasteiger partial charge on any atom is 0.335 e. The second-order valence-electron chi connectivity index (χ2n) is 4.16. The highest BCUT2D eigenvalue weighted by Crippen LogP contribution is 2.27. The van der Waals surface area contributed by atoms with Gasteiger partial charge in [-0.25, -0.2) is 4.79 Å². The molecule has 2 aromatic rings. The van der Waals surface area contributed by atoms with Crippen LogP contribution >= 0.6 is 11.6 Å². The third-order valence-corrected chi connectivity index (χ3v) is 3.01. The van der Waals surface area contributed by atoms with Crippen molar-refractivity contribution in [3.8, 4) is 11.5 Å². The molecule has 0 saturated carbocycles. The average Bonchev–Trinajstić information content (AvgIpc) is 2.43. The smallest absolute Gasteiger partial charge is 0.335 e. The van der Waals surface area contributed by atoms with Crippen molar-refractivity contribution in [2.75, 3.05) is 5.32 Å². The zero-order chi connectivity index (χ0) is 15.6. The second-order valence-corrected chi connectivity index (χ2v) is 4.56. The number of hydrogen-bond acceptors (Lipinski definition) is 4. The number of phenols is 2. The lowest BCUT2D eigenvalue weighted by Gasteiger charge is -2.08. The Balaban J connectivity index is 2.23. The summed E-state index contributed by atoms with van der Waals surface area (Å²) in [5, 5.41) is 29.9. The molecule has 21 heavy (non-hydrogen) atoms. The van der Waals surface area contributed by atoms with Crippen LogP contribution in [0.3, 0.4) is 0 Å². The zero-order valence-electron chi connectivity index (χ0n) is 10.5. The summed E-state index contributed by atoms with van der Waals surface area (Å²) in [4.78, 5) is 22.7. The van der Waals surface area contributed by atoms with E-state index < -0.39 is 17.6 Å². The molecule has 0 saturated heterocycles. The van der Waals surface area contributed by atoms with E-state index in [1.54, 1.807) is 0 Å². The molecular weight excluding hydrogens is 298 g/mol. The number of phenolic OH excluding ortho intramolecular Hbond substituents is 2. The van der Waals surface area contributed by atoms with Crippen molar-refractivity contribution < 1.29 is 24.9 Å². The first-order chi connectivity index (χ1) is 9.88. The normalized spacial score (nSPS) is 10.1. The number of hydrogen-bond donors (Lipinski definition) is 4. The molecule has 0 aromatic heterocycles. The van der Waals surface area contributed by atoms with Gasteiger partial charge in [0.15, 0.2) is 11.5 Å². The minimum atomic E-state index is -1.13. The molecule has 0 radical (unpaired) electrons. The summed E-state index contributed by atoms with van der Waals surface area (Å²) in [6.45, 7) is 0. The van der Waals surface area contributed by atoms with Gasteiger partial charge >= 0.3 is 5.97 Å². The summed E-state index contributed by atoms with van der Waals surface area (Å²) < 4.78 is 0. The van der Waals surface area contributed by atoms with Crippen LogP contribution in [-0.4, -0.2) is 27.2 Å². The molecule has 0 fully saturated rings. The van der Waals surface area contributed by atoms with Gasteiger partial charge in [0.1, 0.15) is 0 Å². The molecule has 0 unspecified atom stereocenters. The van der Waals surface area contributed by atoms with Gasteiger partial charge in [-0.1, -0.05) is 11.6 Å². The molecule has 0 aliphatic rings. The summed E-state index contributed by atoms with van der Waals surface area (Å²) in [6, 6.07) is 7.49. The highest BCUT2D eigenvalue weighted by atomic mass is 35.5. The molecular formula is C14H10ClNO5. The van der Waals surface area contributed by atoms with Gasteiger partial charge in [-0.15, -0.1) is 0 Å². The van der Waals surface area contributed by atoms with Gasteiger partial charge in [-0.05, 0) is 36.4 Å². The largest absolute Gasteiger partial charge is 0.504 e. The third kappa shape index (κ3) is 3.24. The van der Waals surface area contributed by atoms with Crippen LogP contribution in [0, 0.1) is 0 Å².